The van der Waals surface area contributed by atoms with Crippen LogP contribution < -0.4 is 5.32 Å². The average Bonchev–Trinajstić information content (AvgIpc) is 3.56. The highest BCUT2D eigenvalue weighted by Gasteiger charge is 2.40. The summed E-state index contributed by atoms with van der Waals surface area (Å²) in [5, 5.41) is 9.89. The summed E-state index contributed by atoms with van der Waals surface area (Å²) in [6, 6.07) is 18.5. The van der Waals surface area contributed by atoms with Crippen LogP contribution in [0.2, 0.25) is 5.02 Å². The molecule has 0 radical (unpaired) electrons. The molecule has 34 heavy (non-hydrogen) atoms. The van der Waals surface area contributed by atoms with Crippen molar-refractivity contribution in [2.24, 2.45) is 10.1 Å². The predicted octanol–water partition coefficient (Wildman–Crippen LogP) is 5.42. The number of hydrazone groups is 1. The summed E-state index contributed by atoms with van der Waals surface area (Å²) in [6.45, 7) is 1.92. The predicted molar refractivity (Wildman–Crippen MR) is 134 cm³/mol. The highest BCUT2D eigenvalue weighted by Crippen LogP contribution is 2.38. The van der Waals surface area contributed by atoms with E-state index < -0.39 is 5.25 Å². The molecule has 0 bridgehead atoms. The quantitative estimate of drug-likeness (QED) is 0.514. The highest BCUT2D eigenvalue weighted by molar-refractivity contribution is 8.15. The van der Waals surface area contributed by atoms with E-state index in [1.165, 1.54) is 11.8 Å². The second-order valence-electron chi connectivity index (χ2n) is 8.04. The minimum atomic E-state index is -0.606. The zero-order valence-corrected chi connectivity index (χ0v) is 19.8. The number of amidine groups is 1. The summed E-state index contributed by atoms with van der Waals surface area (Å²) in [7, 11) is 0. The van der Waals surface area contributed by atoms with Crippen molar-refractivity contribution in [3.8, 4) is 0 Å². The Labute approximate surface area is 205 Å². The van der Waals surface area contributed by atoms with Crippen molar-refractivity contribution in [1.82, 2.24) is 5.01 Å². The summed E-state index contributed by atoms with van der Waals surface area (Å²) >= 11 is 7.29. The molecule has 0 saturated heterocycles. The lowest BCUT2D eigenvalue weighted by Crippen LogP contribution is -2.25. The Balaban J connectivity index is 1.33. The third kappa shape index (κ3) is 4.64. The molecule has 1 aromatic heterocycles. The summed E-state index contributed by atoms with van der Waals surface area (Å²) in [6.07, 6.45) is 2.22. The first-order valence-electron chi connectivity index (χ1n) is 10.8. The SMILES string of the molecule is Cc1ccccc1NC(=O)C[C@@H]1SC(N2N=C(c3ccc(Cl)cc3)C[C@@H]2c2ccco2)=NC1=O. The molecule has 2 aromatic carbocycles. The van der Waals surface area contributed by atoms with Crippen LogP contribution in [0.4, 0.5) is 5.69 Å². The number of amides is 2. The molecule has 2 aliphatic heterocycles. The van der Waals surface area contributed by atoms with Gasteiger partial charge in [-0.15, -0.1) is 0 Å². The Morgan fingerprint density at radius 3 is 2.71 bits per heavy atom. The fraction of sp³-hybridized carbons (Fsp3) is 0.200. The summed E-state index contributed by atoms with van der Waals surface area (Å²) in [4.78, 5) is 29.5. The molecule has 172 valence electrons. The zero-order valence-electron chi connectivity index (χ0n) is 18.3. The van der Waals surface area contributed by atoms with Crippen molar-refractivity contribution in [2.45, 2.75) is 31.1 Å². The Hall–Kier alpha value is -3.36. The molecule has 2 amide bonds. The molecule has 2 atom stereocenters. The highest BCUT2D eigenvalue weighted by atomic mass is 35.5. The molecular weight excluding hydrogens is 472 g/mol. The monoisotopic (exact) mass is 492 g/mol. The van der Waals surface area contributed by atoms with Crippen LogP contribution in [0.3, 0.4) is 0 Å². The number of carbonyl (C=O) groups is 2. The van der Waals surface area contributed by atoms with E-state index in [1.54, 1.807) is 11.3 Å². The van der Waals surface area contributed by atoms with Gasteiger partial charge in [-0.05, 0) is 48.4 Å². The number of aliphatic imine (C=N–C) groups is 1. The molecule has 2 aliphatic rings. The zero-order chi connectivity index (χ0) is 23.7. The number of hydrogen-bond acceptors (Lipinski definition) is 6. The number of thioether (sulfide) groups is 1. The van der Waals surface area contributed by atoms with E-state index in [2.05, 4.69) is 10.3 Å². The number of halogens is 1. The normalized spacial score (nSPS) is 19.8. The molecule has 9 heteroatoms. The lowest BCUT2D eigenvalue weighted by molar-refractivity contribution is -0.121. The second kappa shape index (κ2) is 9.48. The van der Waals surface area contributed by atoms with Gasteiger partial charge in [0.25, 0.3) is 5.91 Å². The number of aryl methyl sites for hydroxylation is 1. The van der Waals surface area contributed by atoms with Crippen molar-refractivity contribution < 1.29 is 14.0 Å². The molecular formula is C25H21ClN4O3S. The number of anilines is 1. The van der Waals surface area contributed by atoms with Crippen molar-refractivity contribution in [3.63, 3.8) is 0 Å². The Bertz CT molecular complexity index is 1290. The minimum absolute atomic E-state index is 0.0256. The number of benzene rings is 2. The maximum absolute atomic E-state index is 12.7. The molecule has 3 heterocycles. The minimum Gasteiger partial charge on any atom is -0.467 e. The molecule has 3 aromatic rings. The van der Waals surface area contributed by atoms with Gasteiger partial charge < -0.3 is 9.73 Å². The van der Waals surface area contributed by atoms with Crippen molar-refractivity contribution in [3.05, 3.63) is 88.8 Å². The Morgan fingerprint density at radius 2 is 1.97 bits per heavy atom. The first-order valence-corrected chi connectivity index (χ1v) is 12.0. The van der Waals surface area contributed by atoms with Crippen LogP contribution in [0.1, 0.15) is 35.8 Å². The van der Waals surface area contributed by atoms with Gasteiger partial charge >= 0.3 is 0 Å². The van der Waals surface area contributed by atoms with Gasteiger partial charge in [0.1, 0.15) is 17.1 Å². The van der Waals surface area contributed by atoms with Crippen LogP contribution in [-0.4, -0.2) is 33.0 Å². The van der Waals surface area contributed by atoms with E-state index >= 15 is 0 Å². The van der Waals surface area contributed by atoms with Crippen LogP contribution in [0.5, 0.6) is 0 Å². The largest absolute Gasteiger partial charge is 0.467 e. The summed E-state index contributed by atoms with van der Waals surface area (Å²) in [5.74, 6) is 0.156. The molecule has 0 aliphatic carbocycles. The van der Waals surface area contributed by atoms with E-state index in [4.69, 9.17) is 21.1 Å². The van der Waals surface area contributed by atoms with Gasteiger partial charge in [-0.1, -0.05) is 53.7 Å². The van der Waals surface area contributed by atoms with Gasteiger partial charge in [-0.25, -0.2) is 5.01 Å². The molecule has 0 unspecified atom stereocenters. The van der Waals surface area contributed by atoms with Crippen molar-refractivity contribution >= 4 is 51.7 Å². The van der Waals surface area contributed by atoms with E-state index in [0.29, 0.717) is 16.6 Å². The molecule has 0 saturated carbocycles. The lowest BCUT2D eigenvalue weighted by Gasteiger charge is -2.21. The number of nitrogens with zero attached hydrogens (tertiary/aromatic N) is 3. The summed E-state index contributed by atoms with van der Waals surface area (Å²) < 4.78 is 5.66. The third-order valence-electron chi connectivity index (χ3n) is 5.67. The molecule has 0 spiro atoms. The number of para-hydroxylation sites is 1. The summed E-state index contributed by atoms with van der Waals surface area (Å²) in [5.41, 5.74) is 3.47. The topological polar surface area (TPSA) is 87.3 Å². The maximum Gasteiger partial charge on any atom is 0.262 e. The first-order chi connectivity index (χ1) is 16.5. The second-order valence-corrected chi connectivity index (χ2v) is 9.65. The molecule has 5 rings (SSSR count). The Morgan fingerprint density at radius 1 is 1.18 bits per heavy atom. The van der Waals surface area contributed by atoms with Crippen molar-refractivity contribution in [1.29, 1.82) is 0 Å². The molecule has 1 N–H and O–H groups in total. The van der Waals surface area contributed by atoms with Crippen LogP contribution >= 0.6 is 23.4 Å². The van der Waals surface area contributed by atoms with Crippen LogP contribution in [0, 0.1) is 6.92 Å². The van der Waals surface area contributed by atoms with E-state index in [1.807, 2.05) is 67.6 Å². The fourth-order valence-corrected chi connectivity index (χ4v) is 5.08. The number of rotatable bonds is 5. The number of furan rings is 1. The van der Waals surface area contributed by atoms with Crippen molar-refractivity contribution in [2.75, 3.05) is 5.32 Å². The van der Waals surface area contributed by atoms with Crippen LogP contribution in [0.15, 0.2) is 81.4 Å². The van der Waals surface area contributed by atoms with E-state index in [-0.39, 0.29) is 24.3 Å². The smallest absolute Gasteiger partial charge is 0.262 e. The van der Waals surface area contributed by atoms with Crippen LogP contribution in [-0.2, 0) is 9.59 Å². The van der Waals surface area contributed by atoms with Gasteiger partial charge in [-0.3, -0.25) is 9.59 Å². The number of hydrogen-bond donors (Lipinski definition) is 1. The van der Waals surface area contributed by atoms with Crippen LogP contribution in [0.25, 0.3) is 0 Å². The fourth-order valence-electron chi connectivity index (χ4n) is 3.89. The van der Waals surface area contributed by atoms with Gasteiger partial charge in [0.2, 0.25) is 5.91 Å². The standard InChI is InChI=1S/C25H21ClN4O3S/c1-15-5-2-3-6-18(15)27-23(31)14-22-24(32)28-25(34-22)30-20(21-7-4-12-33-21)13-19(29-30)16-8-10-17(26)11-9-16/h2-12,20,22H,13-14H2,1H3,(H,27,31)/t20-,22+/m1/s1. The van der Waals surface area contributed by atoms with E-state index in [9.17, 15) is 9.59 Å². The number of nitrogens with one attached hydrogen (secondary N) is 1. The average molecular weight is 493 g/mol. The van der Waals surface area contributed by atoms with Gasteiger partial charge in [-0.2, -0.15) is 10.1 Å². The maximum atomic E-state index is 12.7. The van der Waals surface area contributed by atoms with Gasteiger partial charge in [0.15, 0.2) is 5.17 Å². The Kier molecular flexibility index (Phi) is 6.26. The molecule has 7 nitrogen and oxygen atoms in total. The van der Waals surface area contributed by atoms with Gasteiger partial charge in [0.05, 0.1) is 12.0 Å². The molecule has 0 fully saturated rings. The third-order valence-corrected chi connectivity index (χ3v) is 7.07. The lowest BCUT2D eigenvalue weighted by atomic mass is 10.0. The number of carbonyl (C=O) groups excluding carboxylic acids is 2. The van der Waals surface area contributed by atoms with Gasteiger partial charge in [0, 0.05) is 23.6 Å². The first kappa shape index (κ1) is 22.4. The van der Waals surface area contributed by atoms with E-state index in [0.717, 1.165) is 28.3 Å².